The molecule has 0 aliphatic rings. The fraction of sp³-hybridized carbons (Fsp3) is 0.600. The van der Waals surface area contributed by atoms with Gasteiger partial charge in [-0.2, -0.15) is 6.92 Å². The minimum atomic E-state index is 0. The van der Waals surface area contributed by atoms with Gasteiger partial charge in [0.05, 0.1) is 0 Å². The number of hydrogen-bond donors (Lipinski definition) is 0. The van der Waals surface area contributed by atoms with Crippen molar-refractivity contribution in [3.8, 4) is 0 Å². The molecule has 0 aromatic heterocycles. The van der Waals surface area contributed by atoms with E-state index in [2.05, 4.69) is 38.2 Å². The molecule has 1 heteroatoms. The minimum absolute atomic E-state index is 0. The van der Waals surface area contributed by atoms with E-state index in [9.17, 15) is 0 Å². The SMILES string of the molecule is C[C-]=CC[C@H](C)C/C=C\C.[Y]. The summed E-state index contributed by atoms with van der Waals surface area (Å²) in [5, 5.41) is 0. The van der Waals surface area contributed by atoms with E-state index in [0.29, 0.717) is 0 Å². The van der Waals surface area contributed by atoms with Crippen LogP contribution in [-0.4, -0.2) is 0 Å². The molecule has 0 saturated carbocycles. The van der Waals surface area contributed by atoms with Crippen LogP contribution in [0.15, 0.2) is 18.2 Å². The van der Waals surface area contributed by atoms with Gasteiger partial charge in [-0.25, -0.2) is 0 Å². The van der Waals surface area contributed by atoms with Crippen molar-refractivity contribution >= 4 is 0 Å². The molecule has 0 heterocycles. The summed E-state index contributed by atoms with van der Waals surface area (Å²) in [4.78, 5) is 0. The molecule has 1 atom stereocenters. The summed E-state index contributed by atoms with van der Waals surface area (Å²) < 4.78 is 0. The smallest absolute Gasteiger partial charge is 0 e. The quantitative estimate of drug-likeness (QED) is 0.509. The molecule has 0 aromatic rings. The first-order valence-electron chi connectivity index (χ1n) is 3.91. The van der Waals surface area contributed by atoms with Gasteiger partial charge in [0, 0.05) is 32.7 Å². The minimum Gasteiger partial charge on any atom is -0.504 e. The molecule has 0 aliphatic heterocycles. The van der Waals surface area contributed by atoms with E-state index in [1.807, 2.05) is 6.92 Å². The van der Waals surface area contributed by atoms with E-state index in [4.69, 9.17) is 0 Å². The number of allylic oxidation sites excluding steroid dienone is 4. The molecule has 1 radical (unpaired) electrons. The Kier molecular flexibility index (Phi) is 13.6. The number of hydrogen-bond acceptors (Lipinski definition) is 0. The number of rotatable bonds is 4. The average Bonchev–Trinajstić information content (AvgIpc) is 1.97. The van der Waals surface area contributed by atoms with Crippen LogP contribution in [0.1, 0.15) is 33.6 Å². The Labute approximate surface area is 96.0 Å². The summed E-state index contributed by atoms with van der Waals surface area (Å²) in [6.45, 7) is 6.27. The van der Waals surface area contributed by atoms with Crippen molar-refractivity contribution in [2.75, 3.05) is 0 Å². The standard InChI is InChI=1S/C10H17.Y/c1-4-6-8-10(3)9-7-5-2;/h4,6-7,10H,8-9H2,1-3H3;/q-1;/b6-4-;/t10-;/m1./s1. The van der Waals surface area contributed by atoms with Gasteiger partial charge in [-0.3, -0.25) is 6.08 Å². The van der Waals surface area contributed by atoms with Crippen LogP contribution in [0.25, 0.3) is 0 Å². The third kappa shape index (κ3) is 10.6. The van der Waals surface area contributed by atoms with Gasteiger partial charge < -0.3 is 6.08 Å². The second kappa shape index (κ2) is 10.6. The van der Waals surface area contributed by atoms with Crippen LogP contribution >= 0.6 is 0 Å². The van der Waals surface area contributed by atoms with Crippen molar-refractivity contribution in [1.82, 2.24) is 0 Å². The predicted octanol–water partition coefficient (Wildman–Crippen LogP) is 3.36. The van der Waals surface area contributed by atoms with Crippen molar-refractivity contribution < 1.29 is 32.7 Å². The third-order valence-electron chi connectivity index (χ3n) is 1.50. The molecule has 0 amide bonds. The van der Waals surface area contributed by atoms with Gasteiger partial charge in [0.25, 0.3) is 0 Å². The Bertz CT molecular complexity index is 100. The van der Waals surface area contributed by atoms with Gasteiger partial charge in [-0.15, -0.1) is 0 Å². The van der Waals surface area contributed by atoms with Gasteiger partial charge in [0.15, 0.2) is 0 Å². The van der Waals surface area contributed by atoms with Crippen molar-refractivity contribution in [1.29, 1.82) is 0 Å². The molecule has 0 rings (SSSR count). The van der Waals surface area contributed by atoms with Crippen LogP contribution < -0.4 is 0 Å². The second-order valence-corrected chi connectivity index (χ2v) is 2.64. The first-order valence-corrected chi connectivity index (χ1v) is 3.91. The summed E-state index contributed by atoms with van der Waals surface area (Å²) in [7, 11) is 0. The Morgan fingerprint density at radius 2 is 2.00 bits per heavy atom. The van der Waals surface area contributed by atoms with Crippen LogP contribution in [0.3, 0.4) is 0 Å². The summed E-state index contributed by atoms with van der Waals surface area (Å²) in [6, 6.07) is 0. The fourth-order valence-corrected chi connectivity index (χ4v) is 0.784. The van der Waals surface area contributed by atoms with Crippen molar-refractivity contribution in [3.63, 3.8) is 0 Å². The van der Waals surface area contributed by atoms with Crippen molar-refractivity contribution in [2.45, 2.75) is 33.6 Å². The van der Waals surface area contributed by atoms with E-state index >= 15 is 0 Å². The Morgan fingerprint density at radius 1 is 1.36 bits per heavy atom. The first kappa shape index (κ1) is 14.1. The van der Waals surface area contributed by atoms with E-state index in [1.54, 1.807) is 0 Å². The first-order chi connectivity index (χ1) is 4.81. The van der Waals surface area contributed by atoms with E-state index in [0.717, 1.165) is 12.3 Å². The van der Waals surface area contributed by atoms with Crippen molar-refractivity contribution in [2.24, 2.45) is 5.92 Å². The van der Waals surface area contributed by atoms with E-state index in [1.165, 1.54) is 6.42 Å². The topological polar surface area (TPSA) is 0 Å². The summed E-state index contributed by atoms with van der Waals surface area (Å²) >= 11 is 0. The molecule has 0 fully saturated rings. The van der Waals surface area contributed by atoms with E-state index in [-0.39, 0.29) is 32.7 Å². The molecule has 0 saturated heterocycles. The Hall–Kier alpha value is 0.584. The second-order valence-electron chi connectivity index (χ2n) is 2.64. The van der Waals surface area contributed by atoms with Gasteiger partial charge in [0.2, 0.25) is 0 Å². The zero-order chi connectivity index (χ0) is 7.82. The summed E-state index contributed by atoms with van der Waals surface area (Å²) in [5.41, 5.74) is 0. The largest absolute Gasteiger partial charge is 0.504 e. The van der Waals surface area contributed by atoms with Crippen LogP contribution in [0.2, 0.25) is 0 Å². The molecular weight excluding hydrogens is 209 g/mol. The molecule has 0 bridgehead atoms. The monoisotopic (exact) mass is 226 g/mol. The molecule has 0 aliphatic carbocycles. The third-order valence-corrected chi connectivity index (χ3v) is 1.50. The predicted molar refractivity (Wildman–Crippen MR) is 46.7 cm³/mol. The Morgan fingerprint density at radius 3 is 2.45 bits per heavy atom. The summed E-state index contributed by atoms with van der Waals surface area (Å²) in [5.74, 6) is 0.767. The molecule has 11 heavy (non-hydrogen) atoms. The molecule has 0 aromatic carbocycles. The Balaban J connectivity index is 0. The molecule has 0 N–H and O–H groups in total. The maximum absolute atomic E-state index is 3.03. The van der Waals surface area contributed by atoms with Gasteiger partial charge in [0.1, 0.15) is 0 Å². The molecular formula is C10H17Y-. The normalized spacial score (nSPS) is 13.7. The molecule has 0 nitrogen and oxygen atoms in total. The van der Waals surface area contributed by atoms with Crippen LogP contribution in [0, 0.1) is 12.0 Å². The molecule has 61 valence electrons. The summed E-state index contributed by atoms with van der Waals surface area (Å²) in [6.07, 6.45) is 11.8. The van der Waals surface area contributed by atoms with Gasteiger partial charge in [-0.05, 0) is 19.3 Å². The van der Waals surface area contributed by atoms with Gasteiger partial charge in [-0.1, -0.05) is 25.5 Å². The fourth-order valence-electron chi connectivity index (χ4n) is 0.784. The zero-order valence-electron chi connectivity index (χ0n) is 7.80. The van der Waals surface area contributed by atoms with E-state index < -0.39 is 0 Å². The maximum atomic E-state index is 3.03. The van der Waals surface area contributed by atoms with Gasteiger partial charge >= 0.3 is 0 Å². The molecule has 0 unspecified atom stereocenters. The van der Waals surface area contributed by atoms with Crippen molar-refractivity contribution in [3.05, 3.63) is 24.3 Å². The van der Waals surface area contributed by atoms with Crippen LogP contribution in [-0.2, 0) is 32.7 Å². The van der Waals surface area contributed by atoms with Crippen LogP contribution in [0.5, 0.6) is 0 Å². The molecule has 0 spiro atoms. The maximum Gasteiger partial charge on any atom is 0 e. The van der Waals surface area contributed by atoms with Crippen LogP contribution in [0.4, 0.5) is 0 Å². The average molecular weight is 226 g/mol. The zero-order valence-corrected chi connectivity index (χ0v) is 10.6.